The quantitative estimate of drug-likeness (QED) is 0.730. The van der Waals surface area contributed by atoms with E-state index in [1.807, 2.05) is 42.6 Å². The Hall–Kier alpha value is -2.18. The molecule has 1 aromatic carbocycles. The van der Waals surface area contributed by atoms with Crippen LogP contribution in [0, 0.1) is 5.92 Å². The molecular weight excluding hydrogens is 344 g/mol. The second kappa shape index (κ2) is 7.59. The minimum atomic E-state index is -0.201. The number of carbonyl (C=O) groups excluding carboxylic acids is 1. The maximum absolute atomic E-state index is 12.2. The predicted octanol–water partition coefficient (Wildman–Crippen LogP) is 3.61. The first kappa shape index (κ1) is 16.7. The van der Waals surface area contributed by atoms with E-state index in [2.05, 4.69) is 15.4 Å². The Kier molecular flexibility index (Phi) is 5.27. The van der Waals surface area contributed by atoms with Gasteiger partial charge >= 0.3 is 0 Å². The highest BCUT2D eigenvalue weighted by Gasteiger charge is 2.14. The van der Waals surface area contributed by atoms with Crippen molar-refractivity contribution < 1.29 is 4.79 Å². The van der Waals surface area contributed by atoms with Gasteiger partial charge in [-0.3, -0.25) is 9.48 Å². The predicted molar refractivity (Wildman–Crippen MR) is 95.8 cm³/mol. The lowest BCUT2D eigenvalue weighted by Crippen LogP contribution is -2.31. The zero-order chi connectivity index (χ0) is 16.9. The summed E-state index contributed by atoms with van der Waals surface area (Å²) < 4.78 is 1.67. The smallest absolute Gasteiger partial charge is 0.225 e. The Bertz CT molecular complexity index is 815. The lowest BCUT2D eigenvalue weighted by Gasteiger charge is -2.11. The van der Waals surface area contributed by atoms with E-state index < -0.39 is 0 Å². The second-order valence-electron chi connectivity index (χ2n) is 5.51. The van der Waals surface area contributed by atoms with Crippen LogP contribution in [0.4, 0.5) is 0 Å². The molecule has 0 spiro atoms. The van der Waals surface area contributed by atoms with Crippen molar-refractivity contribution >= 4 is 28.8 Å². The first-order chi connectivity index (χ1) is 11.6. The van der Waals surface area contributed by atoms with Gasteiger partial charge in [-0.25, -0.2) is 4.98 Å². The maximum Gasteiger partial charge on any atom is 0.225 e. The van der Waals surface area contributed by atoms with E-state index in [4.69, 9.17) is 11.6 Å². The molecular formula is C17H17ClN4OS. The van der Waals surface area contributed by atoms with E-state index in [1.54, 1.807) is 28.4 Å². The number of nitrogens with one attached hydrogen (secondary N) is 1. The third kappa shape index (κ3) is 4.21. The molecule has 0 bridgehead atoms. The molecule has 3 rings (SSSR count). The summed E-state index contributed by atoms with van der Waals surface area (Å²) in [5.41, 5.74) is 1.95. The third-order valence-electron chi connectivity index (χ3n) is 3.53. The minimum Gasteiger partial charge on any atom is -0.350 e. The average molecular weight is 361 g/mol. The Balaban J connectivity index is 1.53. The fraction of sp³-hybridized carbons (Fsp3) is 0.235. The van der Waals surface area contributed by atoms with Gasteiger partial charge in [0.2, 0.25) is 5.91 Å². The fourth-order valence-electron chi connectivity index (χ4n) is 2.26. The highest BCUT2D eigenvalue weighted by Crippen LogP contribution is 2.23. The van der Waals surface area contributed by atoms with Crippen LogP contribution in [0.5, 0.6) is 0 Å². The molecule has 0 aliphatic heterocycles. The van der Waals surface area contributed by atoms with Crippen LogP contribution in [0.1, 0.15) is 12.6 Å². The Morgan fingerprint density at radius 2 is 2.17 bits per heavy atom. The Morgan fingerprint density at radius 3 is 2.88 bits per heavy atom. The van der Waals surface area contributed by atoms with Gasteiger partial charge in [-0.2, -0.15) is 5.10 Å². The highest BCUT2D eigenvalue weighted by molar-refractivity contribution is 7.13. The van der Waals surface area contributed by atoms with Crippen LogP contribution in [-0.2, 0) is 17.9 Å². The summed E-state index contributed by atoms with van der Waals surface area (Å²) in [6.07, 6.45) is 3.27. The number of benzene rings is 1. The van der Waals surface area contributed by atoms with E-state index >= 15 is 0 Å². The van der Waals surface area contributed by atoms with Crippen molar-refractivity contribution in [1.82, 2.24) is 20.1 Å². The first-order valence-corrected chi connectivity index (χ1v) is 8.83. The van der Waals surface area contributed by atoms with Gasteiger partial charge < -0.3 is 5.32 Å². The molecule has 0 aliphatic rings. The lowest BCUT2D eigenvalue weighted by molar-refractivity contribution is -0.125. The summed E-state index contributed by atoms with van der Waals surface area (Å²) >= 11 is 7.40. The molecule has 0 saturated carbocycles. The van der Waals surface area contributed by atoms with Crippen molar-refractivity contribution in [2.24, 2.45) is 5.92 Å². The SMILES string of the molecule is C[C@@H](Cn1cc(Cl)cn1)C(=O)NCc1csc(-c2ccccc2)n1. The van der Waals surface area contributed by atoms with Crippen LogP contribution in [0.25, 0.3) is 10.6 Å². The largest absolute Gasteiger partial charge is 0.350 e. The average Bonchev–Trinajstić information content (AvgIpc) is 3.22. The van der Waals surface area contributed by atoms with Crippen LogP contribution in [0.2, 0.25) is 5.02 Å². The Labute approximate surface area is 149 Å². The van der Waals surface area contributed by atoms with Crippen molar-refractivity contribution in [3.63, 3.8) is 0 Å². The van der Waals surface area contributed by atoms with E-state index in [0.717, 1.165) is 16.3 Å². The molecule has 2 heterocycles. The summed E-state index contributed by atoms with van der Waals surface area (Å²) in [5, 5.41) is 10.5. The van der Waals surface area contributed by atoms with Crippen molar-refractivity contribution in [3.8, 4) is 10.6 Å². The number of amides is 1. The summed E-state index contributed by atoms with van der Waals surface area (Å²) in [4.78, 5) is 16.8. The van der Waals surface area contributed by atoms with Gasteiger partial charge in [-0.05, 0) is 0 Å². The van der Waals surface area contributed by atoms with Crippen molar-refractivity contribution in [2.75, 3.05) is 0 Å². The van der Waals surface area contributed by atoms with Gasteiger partial charge in [-0.15, -0.1) is 11.3 Å². The lowest BCUT2D eigenvalue weighted by atomic mass is 10.1. The van der Waals surface area contributed by atoms with Crippen LogP contribution >= 0.6 is 22.9 Å². The summed E-state index contributed by atoms with van der Waals surface area (Å²) in [5.74, 6) is -0.232. The monoisotopic (exact) mass is 360 g/mol. The molecule has 1 atom stereocenters. The zero-order valence-electron chi connectivity index (χ0n) is 13.1. The highest BCUT2D eigenvalue weighted by atomic mass is 35.5. The number of hydrogen-bond donors (Lipinski definition) is 1. The van der Waals surface area contributed by atoms with Gasteiger partial charge in [0.05, 0.1) is 35.9 Å². The number of aromatic nitrogens is 3. The molecule has 1 amide bonds. The van der Waals surface area contributed by atoms with Crippen molar-refractivity contribution in [3.05, 3.63) is 58.8 Å². The number of rotatable bonds is 6. The van der Waals surface area contributed by atoms with Gasteiger partial charge in [0, 0.05) is 17.1 Å². The maximum atomic E-state index is 12.2. The molecule has 3 aromatic rings. The van der Waals surface area contributed by atoms with Crippen LogP contribution < -0.4 is 5.32 Å². The Morgan fingerprint density at radius 1 is 1.38 bits per heavy atom. The second-order valence-corrected chi connectivity index (χ2v) is 6.80. The molecule has 24 heavy (non-hydrogen) atoms. The van der Waals surface area contributed by atoms with Gasteiger partial charge in [0.25, 0.3) is 0 Å². The summed E-state index contributed by atoms with van der Waals surface area (Å²) in [7, 11) is 0. The van der Waals surface area contributed by atoms with E-state index in [0.29, 0.717) is 18.1 Å². The number of hydrogen-bond acceptors (Lipinski definition) is 4. The zero-order valence-corrected chi connectivity index (χ0v) is 14.7. The van der Waals surface area contributed by atoms with Crippen molar-refractivity contribution in [2.45, 2.75) is 20.0 Å². The van der Waals surface area contributed by atoms with E-state index in [1.165, 1.54) is 0 Å². The van der Waals surface area contributed by atoms with Gasteiger partial charge in [0.1, 0.15) is 5.01 Å². The van der Waals surface area contributed by atoms with Crippen LogP contribution in [-0.4, -0.2) is 20.7 Å². The van der Waals surface area contributed by atoms with Crippen LogP contribution in [0.3, 0.4) is 0 Å². The molecule has 1 N–H and O–H groups in total. The van der Waals surface area contributed by atoms with Crippen LogP contribution in [0.15, 0.2) is 48.1 Å². The number of nitrogens with zero attached hydrogens (tertiary/aromatic N) is 3. The molecule has 7 heteroatoms. The molecule has 0 saturated heterocycles. The molecule has 0 aliphatic carbocycles. The molecule has 124 valence electrons. The van der Waals surface area contributed by atoms with Gasteiger partial charge in [0.15, 0.2) is 0 Å². The topological polar surface area (TPSA) is 59.8 Å². The first-order valence-electron chi connectivity index (χ1n) is 7.57. The number of carbonyl (C=O) groups is 1. The molecule has 0 unspecified atom stereocenters. The van der Waals surface area contributed by atoms with E-state index in [-0.39, 0.29) is 11.8 Å². The molecule has 5 nitrogen and oxygen atoms in total. The molecule has 2 aromatic heterocycles. The minimum absolute atomic E-state index is 0.0316. The third-order valence-corrected chi connectivity index (χ3v) is 4.66. The van der Waals surface area contributed by atoms with E-state index in [9.17, 15) is 4.79 Å². The summed E-state index contributed by atoms with van der Waals surface area (Å²) in [6.45, 7) is 2.78. The van der Waals surface area contributed by atoms with Crippen molar-refractivity contribution in [1.29, 1.82) is 0 Å². The standard InChI is InChI=1S/C17H17ClN4OS/c1-12(9-22-10-14(18)7-20-22)16(23)19-8-15-11-24-17(21-15)13-5-3-2-4-6-13/h2-7,10-12H,8-9H2,1H3,(H,19,23)/t12-/m0/s1. The normalized spacial score (nSPS) is 12.1. The molecule has 0 radical (unpaired) electrons. The number of thiazole rings is 1. The number of halogens is 1. The summed E-state index contributed by atoms with van der Waals surface area (Å²) in [6, 6.07) is 10.0. The molecule has 0 fully saturated rings. The van der Waals surface area contributed by atoms with Gasteiger partial charge in [-0.1, -0.05) is 48.9 Å². The fourth-order valence-corrected chi connectivity index (χ4v) is 3.24.